The van der Waals surface area contributed by atoms with Crippen molar-refractivity contribution >= 4 is 39.1 Å². The Bertz CT molecular complexity index is 1420. The van der Waals surface area contributed by atoms with Gasteiger partial charge in [-0.1, -0.05) is 6.07 Å². The summed E-state index contributed by atoms with van der Waals surface area (Å²) in [6.07, 6.45) is -2.05. The summed E-state index contributed by atoms with van der Waals surface area (Å²) in [5.74, 6) is -1.27. The standard InChI is InChI=1S/C25H27F3N6O5S/c1-38-20-6-4-5-19(17-20)30-22-11-12-29-24(32-22)31-18-7-9-21(10-8-18)40(36,37)34(39-23(35)25(26,27)28)16-15-33-13-2-3-14-33/h4-12,17H,2-3,13-16H2,1H3,(H2,29,30,31,32). The van der Waals surface area contributed by atoms with Gasteiger partial charge in [-0.15, -0.1) is 0 Å². The van der Waals surface area contributed by atoms with Gasteiger partial charge in [-0.3, -0.25) is 0 Å². The van der Waals surface area contributed by atoms with Crippen molar-refractivity contribution in [3.63, 3.8) is 0 Å². The highest BCUT2D eigenvalue weighted by Gasteiger charge is 2.44. The summed E-state index contributed by atoms with van der Waals surface area (Å²) in [5, 5.41) is 6.06. The number of carbonyl (C=O) groups is 1. The van der Waals surface area contributed by atoms with Gasteiger partial charge in [0, 0.05) is 30.2 Å². The van der Waals surface area contributed by atoms with E-state index in [1.165, 1.54) is 30.5 Å². The maximum atomic E-state index is 13.1. The van der Waals surface area contributed by atoms with Crippen LogP contribution in [0.25, 0.3) is 0 Å². The average molecular weight is 581 g/mol. The summed E-state index contributed by atoms with van der Waals surface area (Å²) >= 11 is 0. The largest absolute Gasteiger partial charge is 0.497 e. The van der Waals surface area contributed by atoms with Crippen LogP contribution in [0.3, 0.4) is 0 Å². The normalized spacial score (nSPS) is 14.2. The molecule has 4 rings (SSSR count). The lowest BCUT2D eigenvalue weighted by atomic mass is 10.3. The second-order valence-corrected chi connectivity index (χ2v) is 10.6. The molecule has 15 heteroatoms. The van der Waals surface area contributed by atoms with E-state index in [0.717, 1.165) is 18.5 Å². The van der Waals surface area contributed by atoms with E-state index in [-0.39, 0.29) is 21.9 Å². The number of nitrogens with zero attached hydrogens (tertiary/aromatic N) is 4. The van der Waals surface area contributed by atoms with E-state index in [2.05, 4.69) is 25.4 Å². The van der Waals surface area contributed by atoms with Crippen molar-refractivity contribution in [3.8, 4) is 5.75 Å². The highest BCUT2D eigenvalue weighted by Crippen LogP contribution is 2.25. The minimum atomic E-state index is -5.36. The first-order valence-corrected chi connectivity index (χ1v) is 13.6. The summed E-state index contributed by atoms with van der Waals surface area (Å²) in [4.78, 5) is 25.8. The van der Waals surface area contributed by atoms with Crippen molar-refractivity contribution < 1.29 is 36.0 Å². The molecule has 2 aromatic carbocycles. The Kier molecular flexibility index (Phi) is 9.07. The lowest BCUT2D eigenvalue weighted by Crippen LogP contribution is -2.42. The number of methoxy groups -OCH3 is 1. The van der Waals surface area contributed by atoms with Gasteiger partial charge in [-0.05, 0) is 72.9 Å². The van der Waals surface area contributed by atoms with Crippen molar-refractivity contribution in [2.24, 2.45) is 0 Å². The van der Waals surface area contributed by atoms with E-state index in [1.807, 2.05) is 17.0 Å². The second kappa shape index (κ2) is 12.5. The molecule has 1 fully saturated rings. The fraction of sp³-hybridized carbons (Fsp3) is 0.320. The third-order valence-electron chi connectivity index (χ3n) is 5.89. The molecule has 1 saturated heterocycles. The zero-order valence-electron chi connectivity index (χ0n) is 21.4. The first kappa shape index (κ1) is 29.0. The number of hydrogen-bond acceptors (Lipinski definition) is 10. The van der Waals surface area contributed by atoms with E-state index >= 15 is 0 Å². The van der Waals surface area contributed by atoms with E-state index in [0.29, 0.717) is 30.3 Å². The highest BCUT2D eigenvalue weighted by atomic mass is 32.2. The quantitative estimate of drug-likeness (QED) is 0.321. The Morgan fingerprint density at radius 1 is 1.05 bits per heavy atom. The molecule has 0 atom stereocenters. The number of rotatable bonds is 11. The SMILES string of the molecule is COc1cccc(Nc2ccnc(Nc3ccc(S(=O)(=O)N(CCN4CCCC4)OC(=O)C(F)(F)F)cc3)n2)c1. The number of carbonyl (C=O) groups excluding carboxylic acids is 1. The Hall–Kier alpha value is -3.95. The van der Waals surface area contributed by atoms with Crippen molar-refractivity contribution in [1.82, 2.24) is 19.3 Å². The summed E-state index contributed by atoms with van der Waals surface area (Å²) in [5.41, 5.74) is 1.15. The number of aromatic nitrogens is 2. The van der Waals surface area contributed by atoms with Crippen LogP contribution in [0.1, 0.15) is 12.8 Å². The van der Waals surface area contributed by atoms with E-state index in [1.54, 1.807) is 25.3 Å². The summed E-state index contributed by atoms with van der Waals surface area (Å²) in [6.45, 7) is 1.02. The predicted octanol–water partition coefficient (Wildman–Crippen LogP) is 4.08. The molecule has 1 aromatic heterocycles. The number of ether oxygens (including phenoxy) is 1. The van der Waals surface area contributed by atoms with Gasteiger partial charge in [0.1, 0.15) is 11.6 Å². The molecule has 2 heterocycles. The molecule has 0 radical (unpaired) electrons. The minimum absolute atomic E-state index is 0.0976. The number of benzene rings is 2. The zero-order valence-corrected chi connectivity index (χ0v) is 22.2. The van der Waals surface area contributed by atoms with Crippen molar-refractivity contribution in [3.05, 3.63) is 60.8 Å². The number of likely N-dealkylation sites (tertiary alicyclic amines) is 1. The van der Waals surface area contributed by atoms with Crippen LogP contribution < -0.4 is 15.4 Å². The molecule has 0 aliphatic carbocycles. The molecule has 0 bridgehead atoms. The van der Waals surface area contributed by atoms with Crippen LogP contribution in [-0.2, 0) is 19.7 Å². The first-order chi connectivity index (χ1) is 19.0. The maximum absolute atomic E-state index is 13.1. The molecule has 1 aliphatic rings. The van der Waals surface area contributed by atoms with E-state index in [9.17, 15) is 26.4 Å². The van der Waals surface area contributed by atoms with Crippen LogP contribution in [0.4, 0.5) is 36.3 Å². The van der Waals surface area contributed by atoms with Crippen LogP contribution in [0.5, 0.6) is 5.75 Å². The number of nitrogens with one attached hydrogen (secondary N) is 2. The number of hydroxylamine groups is 1. The van der Waals surface area contributed by atoms with E-state index in [4.69, 9.17) is 4.74 Å². The van der Waals surface area contributed by atoms with Gasteiger partial charge in [0.2, 0.25) is 5.95 Å². The van der Waals surface area contributed by atoms with Gasteiger partial charge >= 0.3 is 12.1 Å². The topological polar surface area (TPSA) is 126 Å². The maximum Gasteiger partial charge on any atom is 0.492 e. The molecule has 1 aliphatic heterocycles. The Labute approximate surface area is 228 Å². The van der Waals surface area contributed by atoms with Gasteiger partial charge in [0.05, 0.1) is 18.6 Å². The second-order valence-electron chi connectivity index (χ2n) is 8.73. The van der Waals surface area contributed by atoms with Gasteiger partial charge in [0.25, 0.3) is 10.0 Å². The molecule has 214 valence electrons. The summed E-state index contributed by atoms with van der Waals surface area (Å²) in [6, 6.07) is 14.0. The number of hydrogen-bond donors (Lipinski definition) is 2. The van der Waals surface area contributed by atoms with Crippen LogP contribution >= 0.6 is 0 Å². The van der Waals surface area contributed by atoms with Crippen LogP contribution in [0.2, 0.25) is 0 Å². The fourth-order valence-corrected chi connectivity index (χ4v) is 5.09. The van der Waals surface area contributed by atoms with Crippen LogP contribution in [0.15, 0.2) is 65.7 Å². The molecule has 0 unspecified atom stereocenters. The summed E-state index contributed by atoms with van der Waals surface area (Å²) in [7, 11) is -3.04. The molecule has 0 amide bonds. The molecule has 0 spiro atoms. The molecule has 11 nitrogen and oxygen atoms in total. The number of sulfonamides is 1. The highest BCUT2D eigenvalue weighted by molar-refractivity contribution is 7.89. The molecule has 40 heavy (non-hydrogen) atoms. The molecule has 2 N–H and O–H groups in total. The van der Waals surface area contributed by atoms with Gasteiger partial charge < -0.3 is 25.1 Å². The van der Waals surface area contributed by atoms with Crippen molar-refractivity contribution in [2.75, 3.05) is 43.9 Å². The zero-order chi connectivity index (χ0) is 28.8. The first-order valence-electron chi connectivity index (χ1n) is 12.2. The summed E-state index contributed by atoms with van der Waals surface area (Å²) < 4.78 is 70.1. The fourth-order valence-electron chi connectivity index (χ4n) is 3.88. The lowest BCUT2D eigenvalue weighted by molar-refractivity contribution is -0.222. The number of anilines is 4. The monoisotopic (exact) mass is 580 g/mol. The molecule has 0 saturated carbocycles. The Balaban J connectivity index is 1.46. The van der Waals surface area contributed by atoms with Gasteiger partial charge in [-0.2, -0.15) is 18.2 Å². The molecular formula is C25H27F3N6O5S. The lowest BCUT2D eigenvalue weighted by Gasteiger charge is -2.24. The molecule has 3 aromatic rings. The average Bonchev–Trinajstić information content (AvgIpc) is 3.44. The van der Waals surface area contributed by atoms with Gasteiger partial charge in [-0.25, -0.2) is 18.2 Å². The third kappa shape index (κ3) is 7.58. The molecular weight excluding hydrogens is 553 g/mol. The Morgan fingerprint density at radius 3 is 2.45 bits per heavy atom. The van der Waals surface area contributed by atoms with Gasteiger partial charge in [0.15, 0.2) is 0 Å². The number of alkyl halides is 3. The van der Waals surface area contributed by atoms with E-state index < -0.39 is 28.7 Å². The van der Waals surface area contributed by atoms with Crippen molar-refractivity contribution in [2.45, 2.75) is 23.9 Å². The smallest absolute Gasteiger partial charge is 0.492 e. The minimum Gasteiger partial charge on any atom is -0.497 e. The van der Waals surface area contributed by atoms with Crippen LogP contribution in [0, 0.1) is 0 Å². The predicted molar refractivity (Wildman–Crippen MR) is 140 cm³/mol. The Morgan fingerprint density at radius 2 is 1.77 bits per heavy atom. The van der Waals surface area contributed by atoms with Crippen LogP contribution in [-0.4, -0.2) is 73.2 Å². The third-order valence-corrected chi connectivity index (χ3v) is 7.55. The van der Waals surface area contributed by atoms with Crippen molar-refractivity contribution in [1.29, 1.82) is 0 Å². The number of halogens is 3.